The third-order valence-corrected chi connectivity index (χ3v) is 5.39. The molecule has 6 rings (SSSR count). The van der Waals surface area contributed by atoms with Crippen molar-refractivity contribution in [1.82, 2.24) is 9.97 Å². The van der Waals surface area contributed by atoms with Gasteiger partial charge >= 0.3 is 0 Å². The molecule has 0 spiro atoms. The lowest BCUT2D eigenvalue weighted by molar-refractivity contribution is 0.676. The first-order chi connectivity index (χ1) is 13.3. The van der Waals surface area contributed by atoms with Crippen LogP contribution in [0.5, 0.6) is 0 Å². The molecular formula is C23H13ClN2O. The maximum absolute atomic E-state index is 6.48. The van der Waals surface area contributed by atoms with Crippen LogP contribution in [0.25, 0.3) is 55.1 Å². The van der Waals surface area contributed by atoms with E-state index in [-0.39, 0.29) is 0 Å². The minimum Gasteiger partial charge on any atom is -0.453 e. The molecule has 6 aromatic rings. The van der Waals surface area contributed by atoms with Crippen LogP contribution in [0.4, 0.5) is 0 Å². The molecule has 3 nitrogen and oxygen atoms in total. The van der Waals surface area contributed by atoms with Gasteiger partial charge < -0.3 is 9.40 Å². The van der Waals surface area contributed by atoms with Gasteiger partial charge in [-0.25, -0.2) is 4.98 Å². The van der Waals surface area contributed by atoms with Crippen LogP contribution >= 0.6 is 11.6 Å². The van der Waals surface area contributed by atoms with E-state index in [1.807, 2.05) is 60.7 Å². The SMILES string of the molecule is Clc1cccc2[nH]c3c(oc4c5ccccc5nc(-c5ccccc5)c34)c12. The van der Waals surface area contributed by atoms with Gasteiger partial charge in [-0.2, -0.15) is 0 Å². The number of rotatable bonds is 1. The number of aromatic nitrogens is 2. The Balaban J connectivity index is 1.90. The van der Waals surface area contributed by atoms with Crippen LogP contribution in [0.3, 0.4) is 0 Å². The van der Waals surface area contributed by atoms with Gasteiger partial charge in [-0.3, -0.25) is 0 Å². The van der Waals surface area contributed by atoms with Crippen molar-refractivity contribution in [1.29, 1.82) is 0 Å². The Labute approximate surface area is 159 Å². The Morgan fingerprint density at radius 2 is 1.59 bits per heavy atom. The summed E-state index contributed by atoms with van der Waals surface area (Å²) in [4.78, 5) is 8.47. The molecule has 27 heavy (non-hydrogen) atoms. The summed E-state index contributed by atoms with van der Waals surface area (Å²) in [6, 6.07) is 24.1. The number of hydrogen-bond acceptors (Lipinski definition) is 2. The van der Waals surface area contributed by atoms with E-state index < -0.39 is 0 Å². The molecule has 128 valence electrons. The Bertz CT molecular complexity index is 1480. The summed E-state index contributed by atoms with van der Waals surface area (Å²) < 4.78 is 6.41. The van der Waals surface area contributed by atoms with Crippen LogP contribution in [0.15, 0.2) is 77.2 Å². The molecule has 0 fully saturated rings. The minimum atomic E-state index is 0.677. The van der Waals surface area contributed by atoms with Crippen LogP contribution in [-0.4, -0.2) is 9.97 Å². The molecule has 0 aliphatic rings. The van der Waals surface area contributed by atoms with Crippen molar-refractivity contribution in [3.05, 3.63) is 77.8 Å². The van der Waals surface area contributed by atoms with E-state index in [1.165, 1.54) is 0 Å². The fraction of sp³-hybridized carbons (Fsp3) is 0. The highest BCUT2D eigenvalue weighted by atomic mass is 35.5. The standard InChI is InChI=1S/C23H13ClN2O/c24-15-10-6-12-17-18(15)23-21(26-17)19-20(13-7-2-1-3-8-13)25-16-11-5-4-9-14(16)22(19)27-23/h1-12,26H. The van der Waals surface area contributed by atoms with Crippen LogP contribution in [0.1, 0.15) is 0 Å². The van der Waals surface area contributed by atoms with E-state index in [9.17, 15) is 0 Å². The van der Waals surface area contributed by atoms with Gasteiger partial charge in [0.2, 0.25) is 0 Å². The zero-order valence-electron chi connectivity index (χ0n) is 14.2. The Morgan fingerprint density at radius 3 is 2.48 bits per heavy atom. The average molecular weight is 369 g/mol. The molecule has 4 heteroatoms. The Kier molecular flexibility index (Phi) is 2.94. The number of pyridine rings is 1. The van der Waals surface area contributed by atoms with Gasteiger partial charge in [-0.05, 0) is 24.3 Å². The van der Waals surface area contributed by atoms with Crippen molar-refractivity contribution in [2.24, 2.45) is 0 Å². The lowest BCUT2D eigenvalue weighted by Gasteiger charge is -2.06. The largest absolute Gasteiger partial charge is 0.453 e. The molecule has 1 N–H and O–H groups in total. The average Bonchev–Trinajstić information content (AvgIpc) is 3.25. The van der Waals surface area contributed by atoms with Crippen LogP contribution in [0.2, 0.25) is 5.02 Å². The minimum absolute atomic E-state index is 0.677. The summed E-state index contributed by atoms with van der Waals surface area (Å²) in [6.07, 6.45) is 0. The van der Waals surface area contributed by atoms with Crippen molar-refractivity contribution >= 4 is 55.5 Å². The number of furan rings is 1. The quantitative estimate of drug-likeness (QED) is 0.341. The molecule has 0 aliphatic heterocycles. The van der Waals surface area contributed by atoms with Crippen molar-refractivity contribution in [2.75, 3.05) is 0 Å². The summed E-state index contributed by atoms with van der Waals surface area (Å²) in [7, 11) is 0. The maximum atomic E-state index is 6.48. The molecule has 0 atom stereocenters. The monoisotopic (exact) mass is 368 g/mol. The number of nitrogens with one attached hydrogen (secondary N) is 1. The summed E-state index contributed by atoms with van der Waals surface area (Å²) in [6.45, 7) is 0. The van der Waals surface area contributed by atoms with Crippen molar-refractivity contribution in [3.8, 4) is 11.3 Å². The van der Waals surface area contributed by atoms with Crippen LogP contribution in [0, 0.1) is 0 Å². The number of aromatic amines is 1. The number of fused-ring (bicyclic) bond motifs is 7. The predicted octanol–water partition coefficient (Wildman–Crippen LogP) is 6.94. The topological polar surface area (TPSA) is 41.8 Å². The summed E-state index contributed by atoms with van der Waals surface area (Å²) in [5, 5.41) is 3.57. The Hall–Kier alpha value is -3.30. The van der Waals surface area contributed by atoms with Gasteiger partial charge in [0.15, 0.2) is 5.58 Å². The van der Waals surface area contributed by atoms with Crippen molar-refractivity contribution in [2.45, 2.75) is 0 Å². The maximum Gasteiger partial charge on any atom is 0.162 e. The highest BCUT2D eigenvalue weighted by molar-refractivity contribution is 6.38. The fourth-order valence-electron chi connectivity index (χ4n) is 3.88. The lowest BCUT2D eigenvalue weighted by Crippen LogP contribution is -1.88. The molecule has 3 aromatic carbocycles. The third-order valence-electron chi connectivity index (χ3n) is 5.07. The molecule has 0 radical (unpaired) electrons. The van der Waals surface area contributed by atoms with E-state index >= 15 is 0 Å². The van der Waals surface area contributed by atoms with E-state index in [4.69, 9.17) is 21.0 Å². The van der Waals surface area contributed by atoms with Crippen molar-refractivity contribution < 1.29 is 4.42 Å². The smallest absolute Gasteiger partial charge is 0.162 e. The number of H-pyrrole nitrogens is 1. The second kappa shape index (κ2) is 5.35. The second-order valence-electron chi connectivity index (χ2n) is 6.64. The van der Waals surface area contributed by atoms with Crippen molar-refractivity contribution in [3.63, 3.8) is 0 Å². The molecule has 0 unspecified atom stereocenters. The molecule has 0 saturated heterocycles. The first-order valence-corrected chi connectivity index (χ1v) is 9.15. The number of nitrogens with zero attached hydrogens (tertiary/aromatic N) is 1. The summed E-state index contributed by atoms with van der Waals surface area (Å²) in [5.41, 5.74) is 6.39. The number of halogens is 1. The van der Waals surface area contributed by atoms with Gasteiger partial charge in [-0.15, -0.1) is 0 Å². The molecule has 3 heterocycles. The van der Waals surface area contributed by atoms with Gasteiger partial charge in [0, 0.05) is 10.9 Å². The number of para-hydroxylation sites is 1. The zero-order valence-corrected chi connectivity index (χ0v) is 14.9. The second-order valence-corrected chi connectivity index (χ2v) is 7.05. The highest BCUT2D eigenvalue weighted by Crippen LogP contribution is 2.42. The molecular weight excluding hydrogens is 356 g/mol. The van der Waals surface area contributed by atoms with Gasteiger partial charge in [0.25, 0.3) is 0 Å². The number of hydrogen-bond donors (Lipinski definition) is 1. The highest BCUT2D eigenvalue weighted by Gasteiger charge is 2.21. The van der Waals surface area contributed by atoms with Gasteiger partial charge in [0.05, 0.1) is 38.0 Å². The summed E-state index contributed by atoms with van der Waals surface area (Å²) in [5.74, 6) is 0. The first-order valence-electron chi connectivity index (χ1n) is 8.78. The third kappa shape index (κ3) is 2.00. The molecule has 0 bridgehead atoms. The zero-order chi connectivity index (χ0) is 18.0. The predicted molar refractivity (Wildman–Crippen MR) is 111 cm³/mol. The molecule has 0 saturated carbocycles. The molecule has 0 aliphatic carbocycles. The fourth-order valence-corrected chi connectivity index (χ4v) is 4.14. The summed E-state index contributed by atoms with van der Waals surface area (Å²) >= 11 is 6.48. The van der Waals surface area contributed by atoms with Gasteiger partial charge in [-0.1, -0.05) is 60.1 Å². The molecule has 0 amide bonds. The Morgan fingerprint density at radius 1 is 0.778 bits per heavy atom. The van der Waals surface area contributed by atoms with Crippen LogP contribution < -0.4 is 0 Å². The van der Waals surface area contributed by atoms with Gasteiger partial charge in [0.1, 0.15) is 5.58 Å². The normalized spacial score (nSPS) is 11.9. The first kappa shape index (κ1) is 14.8. The lowest BCUT2D eigenvalue weighted by atomic mass is 10.0. The van der Waals surface area contributed by atoms with E-state index in [0.717, 1.165) is 55.1 Å². The van der Waals surface area contributed by atoms with E-state index in [1.54, 1.807) is 0 Å². The number of benzene rings is 3. The van der Waals surface area contributed by atoms with E-state index in [0.29, 0.717) is 5.02 Å². The van der Waals surface area contributed by atoms with Crippen LogP contribution in [-0.2, 0) is 0 Å². The van der Waals surface area contributed by atoms with E-state index in [2.05, 4.69) is 17.1 Å². The molecule has 3 aromatic heterocycles.